The maximum absolute atomic E-state index is 12.7. The lowest BCUT2D eigenvalue weighted by Crippen LogP contribution is -2.42. The van der Waals surface area contributed by atoms with E-state index in [-0.39, 0.29) is 12.2 Å². The molecule has 0 N–H and O–H groups in total. The van der Waals surface area contributed by atoms with E-state index >= 15 is 0 Å². The number of amides is 1. The zero-order chi connectivity index (χ0) is 15.6. The summed E-state index contributed by atoms with van der Waals surface area (Å²) in [6.45, 7) is 3.24. The number of carbonyl (C=O) groups excluding carboxylic acids is 1. The molecule has 1 aromatic rings. The third-order valence-corrected chi connectivity index (χ3v) is 4.77. The summed E-state index contributed by atoms with van der Waals surface area (Å²) < 4.78 is 16.9. The Labute approximate surface area is 135 Å². The summed E-state index contributed by atoms with van der Waals surface area (Å²) in [6.07, 6.45) is 3.75. The number of nitrogens with zero attached hydrogens (tertiary/aromatic N) is 1. The monoisotopic (exact) mass is 315 g/mol. The number of piperidine rings is 1. The van der Waals surface area contributed by atoms with Crippen molar-refractivity contribution in [2.75, 3.05) is 32.9 Å². The van der Waals surface area contributed by atoms with Crippen molar-refractivity contribution in [3.8, 4) is 5.75 Å². The van der Waals surface area contributed by atoms with Crippen molar-refractivity contribution in [2.24, 2.45) is 5.92 Å². The topological polar surface area (TPSA) is 48.0 Å². The molecule has 122 valence electrons. The van der Waals surface area contributed by atoms with Crippen LogP contribution in [0.3, 0.4) is 0 Å². The Morgan fingerprint density at radius 3 is 2.61 bits per heavy atom. The molecular weight excluding hydrogens is 294 g/mol. The summed E-state index contributed by atoms with van der Waals surface area (Å²) in [5.41, 5.74) is 1.71. The highest BCUT2D eigenvalue weighted by molar-refractivity contribution is 5.99. The number of ether oxygens (including phenoxy) is 3. The molecule has 0 spiro atoms. The van der Waals surface area contributed by atoms with Gasteiger partial charge in [0.15, 0.2) is 6.29 Å². The van der Waals surface area contributed by atoms with Crippen LogP contribution in [0.2, 0.25) is 0 Å². The number of hydrogen-bond acceptors (Lipinski definition) is 4. The van der Waals surface area contributed by atoms with Crippen molar-refractivity contribution in [3.05, 3.63) is 35.4 Å². The minimum Gasteiger partial charge on any atom is -0.488 e. The van der Waals surface area contributed by atoms with Crippen LogP contribution in [0.4, 0.5) is 0 Å². The summed E-state index contributed by atoms with van der Waals surface area (Å²) >= 11 is 0. The SMILES string of the molecule is O=C(C1=Cc2ccccc2OC1)N1CCC(C2OCCO2)CC1. The Morgan fingerprint density at radius 2 is 1.83 bits per heavy atom. The zero-order valence-electron chi connectivity index (χ0n) is 13.1. The molecule has 1 aromatic carbocycles. The fourth-order valence-corrected chi connectivity index (χ4v) is 3.47. The first kappa shape index (κ1) is 14.7. The van der Waals surface area contributed by atoms with Gasteiger partial charge in [0, 0.05) is 24.6 Å². The van der Waals surface area contributed by atoms with E-state index in [1.165, 1.54) is 0 Å². The number of likely N-dealkylation sites (tertiary alicyclic amines) is 1. The predicted molar refractivity (Wildman–Crippen MR) is 84.9 cm³/mol. The smallest absolute Gasteiger partial charge is 0.253 e. The largest absolute Gasteiger partial charge is 0.488 e. The van der Waals surface area contributed by atoms with Crippen LogP contribution in [0.1, 0.15) is 18.4 Å². The molecule has 0 radical (unpaired) electrons. The first-order valence-electron chi connectivity index (χ1n) is 8.26. The molecule has 5 nitrogen and oxygen atoms in total. The van der Waals surface area contributed by atoms with Gasteiger partial charge in [-0.3, -0.25) is 4.79 Å². The highest BCUT2D eigenvalue weighted by atomic mass is 16.7. The van der Waals surface area contributed by atoms with Gasteiger partial charge >= 0.3 is 0 Å². The van der Waals surface area contributed by atoms with Crippen molar-refractivity contribution < 1.29 is 19.0 Å². The van der Waals surface area contributed by atoms with Crippen LogP contribution >= 0.6 is 0 Å². The molecule has 3 aliphatic rings. The molecular formula is C18H21NO4. The van der Waals surface area contributed by atoms with Crippen LogP contribution in [-0.2, 0) is 14.3 Å². The Hall–Kier alpha value is -1.85. The van der Waals surface area contributed by atoms with E-state index in [0.717, 1.165) is 42.8 Å². The number of para-hydroxylation sites is 1. The first-order chi connectivity index (χ1) is 11.3. The van der Waals surface area contributed by atoms with Gasteiger partial charge in [-0.25, -0.2) is 0 Å². The first-order valence-corrected chi connectivity index (χ1v) is 8.26. The summed E-state index contributed by atoms with van der Waals surface area (Å²) in [6, 6.07) is 7.81. The molecule has 3 heterocycles. The fraction of sp³-hybridized carbons (Fsp3) is 0.500. The van der Waals surface area contributed by atoms with Gasteiger partial charge in [-0.15, -0.1) is 0 Å². The second-order valence-electron chi connectivity index (χ2n) is 6.24. The maximum atomic E-state index is 12.7. The van der Waals surface area contributed by atoms with E-state index in [1.807, 2.05) is 35.2 Å². The third-order valence-electron chi connectivity index (χ3n) is 4.77. The average molecular weight is 315 g/mol. The van der Waals surface area contributed by atoms with E-state index in [2.05, 4.69) is 0 Å². The lowest BCUT2D eigenvalue weighted by molar-refractivity contribution is -0.133. The molecule has 23 heavy (non-hydrogen) atoms. The fourth-order valence-electron chi connectivity index (χ4n) is 3.47. The summed E-state index contributed by atoms with van der Waals surface area (Å²) in [4.78, 5) is 14.6. The quantitative estimate of drug-likeness (QED) is 0.838. The highest BCUT2D eigenvalue weighted by Crippen LogP contribution is 2.29. The molecule has 0 aliphatic carbocycles. The normalized spacial score (nSPS) is 22.4. The average Bonchev–Trinajstić information content (AvgIpc) is 3.15. The molecule has 5 heteroatoms. The molecule has 4 rings (SSSR count). The molecule has 2 saturated heterocycles. The van der Waals surface area contributed by atoms with E-state index in [0.29, 0.717) is 25.7 Å². The van der Waals surface area contributed by atoms with Gasteiger partial charge in [-0.1, -0.05) is 18.2 Å². The number of rotatable bonds is 2. The highest BCUT2D eigenvalue weighted by Gasteiger charge is 2.32. The van der Waals surface area contributed by atoms with Gasteiger partial charge in [-0.05, 0) is 25.0 Å². The van der Waals surface area contributed by atoms with Crippen molar-refractivity contribution in [2.45, 2.75) is 19.1 Å². The number of carbonyl (C=O) groups is 1. The zero-order valence-corrected chi connectivity index (χ0v) is 13.1. The molecule has 0 unspecified atom stereocenters. The van der Waals surface area contributed by atoms with Gasteiger partial charge in [-0.2, -0.15) is 0 Å². The van der Waals surface area contributed by atoms with Gasteiger partial charge < -0.3 is 19.1 Å². The lowest BCUT2D eigenvalue weighted by atomic mass is 9.95. The van der Waals surface area contributed by atoms with E-state index in [4.69, 9.17) is 14.2 Å². The summed E-state index contributed by atoms with van der Waals surface area (Å²) in [5.74, 6) is 1.34. The van der Waals surface area contributed by atoms with Crippen LogP contribution in [0.25, 0.3) is 6.08 Å². The van der Waals surface area contributed by atoms with Crippen LogP contribution in [-0.4, -0.2) is 50.0 Å². The predicted octanol–water partition coefficient (Wildman–Crippen LogP) is 2.07. The van der Waals surface area contributed by atoms with Crippen LogP contribution in [0.5, 0.6) is 5.75 Å². The standard InChI is InChI=1S/C18H21NO4/c20-17(15-11-14-3-1-2-4-16(14)23-12-15)19-7-5-13(6-8-19)18-21-9-10-22-18/h1-4,11,13,18H,5-10,12H2. The van der Waals surface area contributed by atoms with Crippen molar-refractivity contribution in [1.82, 2.24) is 4.90 Å². The maximum Gasteiger partial charge on any atom is 0.253 e. The molecule has 0 aromatic heterocycles. The summed E-state index contributed by atoms with van der Waals surface area (Å²) in [5, 5.41) is 0. The molecule has 3 aliphatic heterocycles. The Balaban J connectivity index is 1.40. The van der Waals surface area contributed by atoms with Gasteiger partial charge in [0.1, 0.15) is 12.4 Å². The van der Waals surface area contributed by atoms with Crippen molar-refractivity contribution in [1.29, 1.82) is 0 Å². The molecule has 0 bridgehead atoms. The van der Waals surface area contributed by atoms with Gasteiger partial charge in [0.25, 0.3) is 5.91 Å². The molecule has 0 atom stereocenters. The van der Waals surface area contributed by atoms with E-state index in [1.54, 1.807) is 0 Å². The third kappa shape index (κ3) is 2.99. The molecule has 0 saturated carbocycles. The second kappa shape index (κ2) is 6.34. The Morgan fingerprint density at radius 1 is 1.09 bits per heavy atom. The molecule has 2 fully saturated rings. The second-order valence-corrected chi connectivity index (χ2v) is 6.24. The van der Waals surface area contributed by atoms with Gasteiger partial charge in [0.2, 0.25) is 0 Å². The van der Waals surface area contributed by atoms with Crippen molar-refractivity contribution in [3.63, 3.8) is 0 Å². The Bertz CT molecular complexity index is 613. The number of benzene rings is 1. The number of hydrogen-bond donors (Lipinski definition) is 0. The minimum absolute atomic E-state index is 0.0728. The van der Waals surface area contributed by atoms with Gasteiger partial charge in [0.05, 0.1) is 18.8 Å². The van der Waals surface area contributed by atoms with Crippen LogP contribution in [0, 0.1) is 5.92 Å². The lowest BCUT2D eigenvalue weighted by Gasteiger charge is -2.34. The van der Waals surface area contributed by atoms with Crippen LogP contribution < -0.4 is 4.74 Å². The Kier molecular flexibility index (Phi) is 4.06. The number of fused-ring (bicyclic) bond motifs is 1. The minimum atomic E-state index is -0.0728. The summed E-state index contributed by atoms with van der Waals surface area (Å²) in [7, 11) is 0. The van der Waals surface area contributed by atoms with E-state index < -0.39 is 0 Å². The van der Waals surface area contributed by atoms with E-state index in [9.17, 15) is 4.79 Å². The van der Waals surface area contributed by atoms with Crippen molar-refractivity contribution >= 4 is 12.0 Å². The molecule has 1 amide bonds. The van der Waals surface area contributed by atoms with Crippen LogP contribution in [0.15, 0.2) is 29.8 Å².